The normalized spacial score (nSPS) is 17.5. The van der Waals surface area contributed by atoms with Gasteiger partial charge < -0.3 is 15.2 Å². The minimum atomic E-state index is -0.413. The maximum Gasteiger partial charge on any atom is 0.220 e. The largest absolute Gasteiger partial charge is 0.508 e. The van der Waals surface area contributed by atoms with Crippen molar-refractivity contribution in [2.24, 2.45) is 0 Å². The van der Waals surface area contributed by atoms with Crippen molar-refractivity contribution in [1.29, 1.82) is 0 Å². The summed E-state index contributed by atoms with van der Waals surface area (Å²) >= 11 is 0. The fourth-order valence-electron chi connectivity index (χ4n) is 3.95. The van der Waals surface area contributed by atoms with Gasteiger partial charge in [-0.25, -0.2) is 0 Å². The van der Waals surface area contributed by atoms with Crippen molar-refractivity contribution in [3.63, 3.8) is 0 Å². The summed E-state index contributed by atoms with van der Waals surface area (Å²) in [6, 6.07) is 20.9. The van der Waals surface area contributed by atoms with E-state index in [1.807, 2.05) is 60.7 Å². The first-order valence-electron chi connectivity index (χ1n) is 9.89. The minimum Gasteiger partial charge on any atom is -0.508 e. The number of hydrogen-bond donors (Lipinski definition) is 2. The number of benzene rings is 3. The van der Waals surface area contributed by atoms with E-state index in [0.29, 0.717) is 6.42 Å². The number of phenolic OH excluding ortho intramolecular Hbond substituents is 1. The van der Waals surface area contributed by atoms with E-state index in [2.05, 4.69) is 5.32 Å². The number of hydrogen-bond acceptors (Lipinski definition) is 3. The highest BCUT2D eigenvalue weighted by Crippen LogP contribution is 2.36. The summed E-state index contributed by atoms with van der Waals surface area (Å²) < 4.78 is 5.63. The lowest BCUT2D eigenvalue weighted by atomic mass is 9.92. The number of aromatic hydroxyl groups is 1. The number of fused-ring (bicyclic) bond motifs is 1. The van der Waals surface area contributed by atoms with Gasteiger partial charge in [-0.1, -0.05) is 60.7 Å². The maximum atomic E-state index is 12.8. The molecule has 4 nitrogen and oxygen atoms in total. The van der Waals surface area contributed by atoms with E-state index in [4.69, 9.17) is 4.74 Å². The lowest BCUT2D eigenvalue weighted by Crippen LogP contribution is -2.30. The zero-order valence-electron chi connectivity index (χ0n) is 15.8. The maximum absolute atomic E-state index is 12.8. The SMILES string of the molecule is O=C(CC[C@H]1CCCO1)N[C@H](c1ccccc1)c1c(O)ccc2ccccc12. The quantitative estimate of drug-likeness (QED) is 0.656. The second-order valence-electron chi connectivity index (χ2n) is 7.30. The van der Waals surface area contributed by atoms with Gasteiger partial charge in [0.2, 0.25) is 5.91 Å². The Labute approximate surface area is 165 Å². The van der Waals surface area contributed by atoms with Gasteiger partial charge in [0.25, 0.3) is 0 Å². The van der Waals surface area contributed by atoms with Crippen LogP contribution in [0.25, 0.3) is 10.8 Å². The van der Waals surface area contributed by atoms with E-state index in [1.54, 1.807) is 6.07 Å². The van der Waals surface area contributed by atoms with Crippen molar-refractivity contribution >= 4 is 16.7 Å². The molecule has 2 atom stereocenters. The first-order chi connectivity index (χ1) is 13.7. The predicted molar refractivity (Wildman–Crippen MR) is 110 cm³/mol. The molecule has 1 fully saturated rings. The number of rotatable bonds is 6. The molecule has 28 heavy (non-hydrogen) atoms. The van der Waals surface area contributed by atoms with Gasteiger partial charge in [0.05, 0.1) is 12.1 Å². The summed E-state index contributed by atoms with van der Waals surface area (Å²) in [6.45, 7) is 0.794. The van der Waals surface area contributed by atoms with Crippen LogP contribution < -0.4 is 5.32 Å². The summed E-state index contributed by atoms with van der Waals surface area (Å²) in [6.07, 6.45) is 3.43. The van der Waals surface area contributed by atoms with Gasteiger partial charge in [0.1, 0.15) is 5.75 Å². The van der Waals surface area contributed by atoms with Crippen molar-refractivity contribution < 1.29 is 14.6 Å². The monoisotopic (exact) mass is 375 g/mol. The number of carbonyl (C=O) groups excluding carboxylic acids is 1. The standard InChI is InChI=1S/C24H25NO3/c26-21-14-12-17-7-4-5-11-20(17)23(21)24(18-8-2-1-3-9-18)25-22(27)15-13-19-10-6-16-28-19/h1-5,7-9,11-12,14,19,24,26H,6,10,13,15-16H2,(H,25,27)/t19-,24-/m1/s1. The molecule has 0 radical (unpaired) electrons. The highest BCUT2D eigenvalue weighted by atomic mass is 16.5. The molecule has 4 rings (SSSR count). The molecular formula is C24H25NO3. The van der Waals surface area contributed by atoms with Crippen LogP contribution in [0.4, 0.5) is 0 Å². The molecule has 3 aromatic rings. The third kappa shape index (κ3) is 4.02. The Morgan fingerprint density at radius 3 is 2.64 bits per heavy atom. The molecule has 0 aliphatic carbocycles. The summed E-state index contributed by atoms with van der Waals surface area (Å²) in [4.78, 5) is 12.8. The number of nitrogens with one attached hydrogen (secondary N) is 1. The van der Waals surface area contributed by atoms with Crippen LogP contribution in [-0.4, -0.2) is 23.7 Å². The van der Waals surface area contributed by atoms with Crippen LogP contribution in [0.1, 0.15) is 42.9 Å². The highest BCUT2D eigenvalue weighted by Gasteiger charge is 2.23. The van der Waals surface area contributed by atoms with Gasteiger partial charge in [-0.15, -0.1) is 0 Å². The first-order valence-corrected chi connectivity index (χ1v) is 9.89. The Morgan fingerprint density at radius 2 is 1.86 bits per heavy atom. The molecule has 0 aromatic heterocycles. The third-order valence-electron chi connectivity index (χ3n) is 5.39. The van der Waals surface area contributed by atoms with Crippen molar-refractivity contribution in [3.05, 3.63) is 77.9 Å². The second kappa shape index (κ2) is 8.44. The second-order valence-corrected chi connectivity index (χ2v) is 7.30. The van der Waals surface area contributed by atoms with Crippen LogP contribution in [0.3, 0.4) is 0 Å². The third-order valence-corrected chi connectivity index (χ3v) is 5.39. The Morgan fingerprint density at radius 1 is 1.07 bits per heavy atom. The molecule has 2 N–H and O–H groups in total. The van der Waals surface area contributed by atoms with Crippen LogP contribution in [-0.2, 0) is 9.53 Å². The van der Waals surface area contributed by atoms with Crippen molar-refractivity contribution in [3.8, 4) is 5.75 Å². The average molecular weight is 375 g/mol. The zero-order valence-corrected chi connectivity index (χ0v) is 15.8. The van der Waals surface area contributed by atoms with Gasteiger partial charge in [-0.2, -0.15) is 0 Å². The summed E-state index contributed by atoms with van der Waals surface area (Å²) in [5.41, 5.74) is 1.68. The van der Waals surface area contributed by atoms with Crippen LogP contribution in [0.15, 0.2) is 66.7 Å². The Bertz CT molecular complexity index is 948. The number of amides is 1. The van der Waals surface area contributed by atoms with E-state index in [0.717, 1.165) is 47.8 Å². The Balaban J connectivity index is 1.65. The summed E-state index contributed by atoms with van der Waals surface area (Å²) in [7, 11) is 0. The van der Waals surface area contributed by atoms with E-state index in [9.17, 15) is 9.90 Å². The fourth-order valence-corrected chi connectivity index (χ4v) is 3.95. The van der Waals surface area contributed by atoms with Crippen LogP contribution in [0.5, 0.6) is 5.75 Å². The lowest BCUT2D eigenvalue weighted by Gasteiger charge is -2.23. The average Bonchev–Trinajstić information content (AvgIpc) is 3.25. The van der Waals surface area contributed by atoms with E-state index in [1.165, 1.54) is 0 Å². The highest BCUT2D eigenvalue weighted by molar-refractivity contribution is 5.89. The molecule has 1 amide bonds. The van der Waals surface area contributed by atoms with E-state index in [-0.39, 0.29) is 17.8 Å². The van der Waals surface area contributed by atoms with Gasteiger partial charge in [0, 0.05) is 18.6 Å². The molecule has 1 aliphatic heterocycles. The minimum absolute atomic E-state index is 0.0308. The smallest absolute Gasteiger partial charge is 0.220 e. The molecular weight excluding hydrogens is 350 g/mol. The van der Waals surface area contributed by atoms with Crippen molar-refractivity contribution in [1.82, 2.24) is 5.32 Å². The molecule has 0 bridgehead atoms. The fraction of sp³-hybridized carbons (Fsp3) is 0.292. The molecule has 1 saturated heterocycles. The Kier molecular flexibility index (Phi) is 5.58. The van der Waals surface area contributed by atoms with Crippen LogP contribution >= 0.6 is 0 Å². The van der Waals surface area contributed by atoms with Crippen LogP contribution in [0.2, 0.25) is 0 Å². The summed E-state index contributed by atoms with van der Waals surface area (Å²) in [5, 5.41) is 15.8. The molecule has 144 valence electrons. The molecule has 1 heterocycles. The van der Waals surface area contributed by atoms with E-state index < -0.39 is 6.04 Å². The first kappa shape index (κ1) is 18.5. The molecule has 4 heteroatoms. The zero-order chi connectivity index (χ0) is 19.3. The number of carbonyl (C=O) groups is 1. The van der Waals surface area contributed by atoms with Gasteiger partial charge in [0.15, 0.2) is 0 Å². The summed E-state index contributed by atoms with van der Waals surface area (Å²) in [5.74, 6) is 0.156. The van der Waals surface area contributed by atoms with Gasteiger partial charge in [-0.05, 0) is 41.7 Å². The molecule has 0 saturated carbocycles. The predicted octanol–water partition coefficient (Wildman–Crippen LogP) is 4.71. The number of phenols is 1. The molecule has 1 aliphatic rings. The molecule has 0 unspecified atom stereocenters. The lowest BCUT2D eigenvalue weighted by molar-refractivity contribution is -0.122. The number of ether oxygens (including phenoxy) is 1. The van der Waals surface area contributed by atoms with E-state index >= 15 is 0 Å². The topological polar surface area (TPSA) is 58.6 Å². The van der Waals surface area contributed by atoms with Gasteiger partial charge in [-0.3, -0.25) is 4.79 Å². The van der Waals surface area contributed by atoms with Crippen LogP contribution in [0, 0.1) is 0 Å². The Hall–Kier alpha value is -2.85. The van der Waals surface area contributed by atoms with Crippen molar-refractivity contribution in [2.75, 3.05) is 6.61 Å². The molecule has 0 spiro atoms. The van der Waals surface area contributed by atoms with Crippen molar-refractivity contribution in [2.45, 2.75) is 37.8 Å². The van der Waals surface area contributed by atoms with Gasteiger partial charge >= 0.3 is 0 Å². The molecule has 3 aromatic carbocycles.